The Morgan fingerprint density at radius 3 is 2.71 bits per heavy atom. The first kappa shape index (κ1) is 11.3. The molecule has 0 N–H and O–H groups in total. The third-order valence-electron chi connectivity index (χ3n) is 1.88. The predicted molar refractivity (Wildman–Crippen MR) is 60.8 cm³/mol. The zero-order valence-electron chi connectivity index (χ0n) is 7.76. The maximum absolute atomic E-state index is 10.6. The van der Waals surface area contributed by atoms with Gasteiger partial charge in [-0.15, -0.1) is 0 Å². The first-order chi connectivity index (χ1) is 6.69. The second-order valence-corrected chi connectivity index (χ2v) is 3.62. The topological polar surface area (TPSA) is 17.1 Å². The average Bonchev–Trinajstić information content (AvgIpc) is 2.20. The van der Waals surface area contributed by atoms with Crippen LogP contribution in [0.25, 0.3) is 6.08 Å². The van der Waals surface area contributed by atoms with Gasteiger partial charge in [-0.05, 0) is 29.7 Å². The van der Waals surface area contributed by atoms with Crippen molar-refractivity contribution in [2.24, 2.45) is 0 Å². The monoisotopic (exact) mass is 228 g/mol. The van der Waals surface area contributed by atoms with Crippen LogP contribution in [0.2, 0.25) is 10.0 Å². The van der Waals surface area contributed by atoms with Crippen molar-refractivity contribution in [2.45, 2.75) is 13.3 Å². The van der Waals surface area contributed by atoms with Gasteiger partial charge in [0, 0.05) is 0 Å². The van der Waals surface area contributed by atoms with Crippen LogP contribution >= 0.6 is 23.2 Å². The van der Waals surface area contributed by atoms with Gasteiger partial charge < -0.3 is 0 Å². The van der Waals surface area contributed by atoms with Crippen LogP contribution in [-0.4, -0.2) is 6.29 Å². The van der Waals surface area contributed by atoms with Crippen molar-refractivity contribution in [1.29, 1.82) is 0 Å². The second-order valence-electron chi connectivity index (χ2n) is 2.83. The molecular formula is C11H10Cl2O. The van der Waals surface area contributed by atoms with Crippen LogP contribution in [-0.2, 0) is 4.79 Å². The minimum absolute atomic E-state index is 0.488. The number of hydrogen-bond acceptors (Lipinski definition) is 1. The van der Waals surface area contributed by atoms with E-state index in [1.54, 1.807) is 18.2 Å². The Morgan fingerprint density at radius 2 is 2.14 bits per heavy atom. The normalized spacial score (nSPS) is 11.5. The van der Waals surface area contributed by atoms with E-state index < -0.39 is 0 Å². The van der Waals surface area contributed by atoms with Gasteiger partial charge in [0.15, 0.2) is 0 Å². The summed E-state index contributed by atoms with van der Waals surface area (Å²) in [5.41, 5.74) is 1.48. The molecule has 1 nitrogen and oxygen atoms in total. The van der Waals surface area contributed by atoms with Crippen LogP contribution in [0.3, 0.4) is 0 Å². The van der Waals surface area contributed by atoms with Crippen molar-refractivity contribution >= 4 is 35.6 Å². The number of halogens is 2. The maximum Gasteiger partial charge on any atom is 0.146 e. The van der Waals surface area contributed by atoms with E-state index >= 15 is 0 Å². The van der Waals surface area contributed by atoms with Gasteiger partial charge in [-0.25, -0.2) is 0 Å². The number of allylic oxidation sites excluding steroid dienone is 1. The molecule has 0 bridgehead atoms. The molecular weight excluding hydrogens is 219 g/mol. The number of hydrogen-bond donors (Lipinski definition) is 0. The van der Waals surface area contributed by atoms with Gasteiger partial charge in [-0.2, -0.15) is 0 Å². The zero-order chi connectivity index (χ0) is 10.6. The fourth-order valence-electron chi connectivity index (χ4n) is 1.05. The molecule has 1 aromatic carbocycles. The fraction of sp³-hybridized carbons (Fsp3) is 0.182. The molecule has 0 spiro atoms. The first-order valence-electron chi connectivity index (χ1n) is 4.28. The van der Waals surface area contributed by atoms with E-state index in [0.717, 1.165) is 11.8 Å². The Morgan fingerprint density at radius 1 is 1.43 bits per heavy atom. The highest BCUT2D eigenvalue weighted by Gasteiger charge is 2.02. The molecule has 0 saturated heterocycles. The zero-order valence-corrected chi connectivity index (χ0v) is 9.27. The van der Waals surface area contributed by atoms with Gasteiger partial charge in [0.1, 0.15) is 6.29 Å². The van der Waals surface area contributed by atoms with E-state index in [1.165, 1.54) is 0 Å². The summed E-state index contributed by atoms with van der Waals surface area (Å²) in [7, 11) is 0. The number of carbonyl (C=O) groups excluding carboxylic acids is 1. The lowest BCUT2D eigenvalue weighted by molar-refractivity contribution is -0.104. The van der Waals surface area contributed by atoms with Crippen LogP contribution < -0.4 is 0 Å². The molecule has 0 amide bonds. The van der Waals surface area contributed by atoms with Crippen molar-refractivity contribution in [3.05, 3.63) is 39.4 Å². The van der Waals surface area contributed by atoms with Crippen LogP contribution in [0.15, 0.2) is 23.8 Å². The molecule has 0 saturated carbocycles. The van der Waals surface area contributed by atoms with E-state index in [1.807, 2.05) is 13.0 Å². The summed E-state index contributed by atoms with van der Waals surface area (Å²) in [6.07, 6.45) is 3.27. The van der Waals surface area contributed by atoms with E-state index in [9.17, 15) is 4.79 Å². The smallest absolute Gasteiger partial charge is 0.146 e. The second kappa shape index (κ2) is 5.18. The summed E-state index contributed by atoms with van der Waals surface area (Å²) >= 11 is 11.8. The molecule has 0 aliphatic rings. The number of aldehydes is 1. The van der Waals surface area contributed by atoms with E-state index in [4.69, 9.17) is 23.2 Å². The highest BCUT2D eigenvalue weighted by molar-refractivity contribution is 6.42. The van der Waals surface area contributed by atoms with Crippen molar-refractivity contribution in [1.82, 2.24) is 0 Å². The number of benzene rings is 1. The highest BCUT2D eigenvalue weighted by atomic mass is 35.5. The van der Waals surface area contributed by atoms with E-state index in [0.29, 0.717) is 22.0 Å². The number of rotatable bonds is 3. The lowest BCUT2D eigenvalue weighted by Crippen LogP contribution is -1.83. The van der Waals surface area contributed by atoms with Crippen molar-refractivity contribution < 1.29 is 4.79 Å². The molecule has 0 radical (unpaired) electrons. The average molecular weight is 229 g/mol. The third-order valence-corrected chi connectivity index (χ3v) is 2.72. The molecule has 0 fully saturated rings. The van der Waals surface area contributed by atoms with Gasteiger partial charge in [-0.3, -0.25) is 4.79 Å². The van der Waals surface area contributed by atoms with Gasteiger partial charge in [0.25, 0.3) is 0 Å². The molecule has 0 aliphatic heterocycles. The van der Waals surface area contributed by atoms with Gasteiger partial charge in [0.2, 0.25) is 0 Å². The molecule has 1 aromatic rings. The maximum atomic E-state index is 10.6. The quantitative estimate of drug-likeness (QED) is 0.565. The van der Waals surface area contributed by atoms with Gasteiger partial charge in [-0.1, -0.05) is 42.3 Å². The molecule has 0 aromatic heterocycles. The van der Waals surface area contributed by atoms with E-state index in [2.05, 4.69) is 0 Å². The summed E-state index contributed by atoms with van der Waals surface area (Å²) in [6.45, 7) is 1.92. The Labute approximate surface area is 93.3 Å². The molecule has 0 atom stereocenters. The van der Waals surface area contributed by atoms with Gasteiger partial charge >= 0.3 is 0 Å². The number of carbonyl (C=O) groups is 1. The largest absolute Gasteiger partial charge is 0.298 e. The molecule has 0 heterocycles. The third kappa shape index (κ3) is 2.60. The Hall–Kier alpha value is -0.790. The molecule has 3 heteroatoms. The van der Waals surface area contributed by atoms with Crippen molar-refractivity contribution in [2.75, 3.05) is 0 Å². The molecule has 74 valence electrons. The minimum Gasteiger partial charge on any atom is -0.298 e. The standard InChI is InChI=1S/C11H10Cl2O/c1-2-8(7-14)6-9-4-3-5-10(12)11(9)13/h3-7H,2H2,1H3. The van der Waals surface area contributed by atoms with Crippen molar-refractivity contribution in [3.63, 3.8) is 0 Å². The predicted octanol–water partition coefficient (Wildman–Crippen LogP) is 3.99. The Kier molecular flexibility index (Phi) is 4.18. The Balaban J connectivity index is 3.13. The molecule has 14 heavy (non-hydrogen) atoms. The summed E-state index contributed by atoms with van der Waals surface area (Å²) in [5.74, 6) is 0. The lowest BCUT2D eigenvalue weighted by atomic mass is 10.1. The van der Waals surface area contributed by atoms with Gasteiger partial charge in [0.05, 0.1) is 10.0 Å². The highest BCUT2D eigenvalue weighted by Crippen LogP contribution is 2.27. The first-order valence-corrected chi connectivity index (χ1v) is 5.04. The van der Waals surface area contributed by atoms with Crippen molar-refractivity contribution in [3.8, 4) is 0 Å². The summed E-state index contributed by atoms with van der Waals surface area (Å²) in [4.78, 5) is 10.6. The summed E-state index contributed by atoms with van der Waals surface area (Å²) in [5, 5.41) is 0.990. The van der Waals surface area contributed by atoms with Crippen LogP contribution in [0, 0.1) is 0 Å². The minimum atomic E-state index is 0.488. The summed E-state index contributed by atoms with van der Waals surface area (Å²) in [6, 6.07) is 5.35. The van der Waals surface area contributed by atoms with E-state index in [-0.39, 0.29) is 0 Å². The van der Waals surface area contributed by atoms with Crippen LogP contribution in [0.1, 0.15) is 18.9 Å². The Bertz CT molecular complexity index is 370. The van der Waals surface area contributed by atoms with Crippen LogP contribution in [0.5, 0.6) is 0 Å². The van der Waals surface area contributed by atoms with Crippen LogP contribution in [0.4, 0.5) is 0 Å². The SMILES string of the molecule is CCC(C=O)=Cc1cccc(Cl)c1Cl. The molecule has 0 aliphatic carbocycles. The molecule has 0 unspecified atom stereocenters. The summed E-state index contributed by atoms with van der Waals surface area (Å²) < 4.78 is 0. The lowest BCUT2D eigenvalue weighted by Gasteiger charge is -2.01. The fourth-order valence-corrected chi connectivity index (χ4v) is 1.41. The molecule has 1 rings (SSSR count).